The number of imidazole rings is 1. The molecule has 2 rings (SSSR count). The third-order valence-corrected chi connectivity index (χ3v) is 3.13. The minimum absolute atomic E-state index is 0.00673. The summed E-state index contributed by atoms with van der Waals surface area (Å²) in [6, 6.07) is 8.34. The Morgan fingerprint density at radius 3 is 2.75 bits per heavy atom. The smallest absolute Gasteiger partial charge is 0.275 e. The van der Waals surface area contributed by atoms with Gasteiger partial charge in [0, 0.05) is 16.1 Å². The normalized spacial score (nSPS) is 9.75. The molecule has 7 nitrogen and oxygen atoms in total. The Labute approximate surface area is 122 Å². The fraction of sp³-hybridized carbons (Fsp3) is 0.0833. The molecule has 0 bridgehead atoms. The maximum absolute atomic E-state index is 11.0. The van der Waals surface area contributed by atoms with Crippen LogP contribution in [-0.4, -0.2) is 14.5 Å². The van der Waals surface area contributed by atoms with Gasteiger partial charge in [-0.05, 0) is 12.1 Å². The van der Waals surface area contributed by atoms with Crippen molar-refractivity contribution < 1.29 is 4.92 Å². The number of benzene rings is 1. The second-order valence-corrected chi connectivity index (χ2v) is 4.74. The van der Waals surface area contributed by atoms with Crippen molar-refractivity contribution in [2.24, 2.45) is 0 Å². The van der Waals surface area contributed by atoms with E-state index in [0.29, 0.717) is 10.0 Å². The molecule has 0 spiro atoms. The molecule has 0 N–H and O–H groups in total. The largest absolute Gasteiger partial charge is 0.316 e. The first-order chi connectivity index (χ1) is 9.56. The van der Waals surface area contributed by atoms with Gasteiger partial charge in [0.2, 0.25) is 0 Å². The maximum Gasteiger partial charge on any atom is 0.275 e. The van der Waals surface area contributed by atoms with Crippen LogP contribution in [0.4, 0.5) is 5.69 Å². The number of nitro groups is 1. The number of nitrogens with zero attached hydrogens (tertiary/aromatic N) is 5. The number of halogens is 1. The van der Waals surface area contributed by atoms with Crippen LogP contribution in [0, 0.1) is 32.8 Å². The Kier molecular flexibility index (Phi) is 3.78. The van der Waals surface area contributed by atoms with Crippen LogP contribution in [0.3, 0.4) is 0 Å². The molecule has 0 amide bonds. The molecule has 0 saturated carbocycles. The number of aromatic nitrogens is 2. The number of nitro benzene ring substituents is 1. The van der Waals surface area contributed by atoms with E-state index in [1.807, 2.05) is 6.07 Å². The van der Waals surface area contributed by atoms with Crippen LogP contribution in [0.5, 0.6) is 0 Å². The molecule has 8 heteroatoms. The van der Waals surface area contributed by atoms with Crippen LogP contribution < -0.4 is 0 Å². The average Bonchev–Trinajstić information content (AvgIpc) is 2.82. The topological polar surface area (TPSA) is 109 Å². The molecule has 2 aromatic rings. The Bertz CT molecular complexity index is 769. The number of rotatable bonds is 3. The van der Waals surface area contributed by atoms with E-state index < -0.39 is 4.92 Å². The molecule has 0 saturated heterocycles. The standard InChI is InChI=1S/C12H6BrN5O2/c13-9-2-1-8(11(3-9)18(19)20)6-17-7-16-10(4-14)12(17)5-15/h1-3,7H,6H2. The van der Waals surface area contributed by atoms with Crippen molar-refractivity contribution in [3.8, 4) is 12.1 Å². The molecule has 0 radical (unpaired) electrons. The van der Waals surface area contributed by atoms with E-state index in [1.165, 1.54) is 17.0 Å². The predicted octanol–water partition coefficient (Wildman–Crippen LogP) is 2.35. The highest BCUT2D eigenvalue weighted by atomic mass is 79.9. The van der Waals surface area contributed by atoms with Gasteiger partial charge in [0.15, 0.2) is 11.4 Å². The van der Waals surface area contributed by atoms with Crippen LogP contribution in [0.1, 0.15) is 17.0 Å². The lowest BCUT2D eigenvalue weighted by Gasteiger charge is -2.05. The summed E-state index contributed by atoms with van der Waals surface area (Å²) in [7, 11) is 0. The van der Waals surface area contributed by atoms with E-state index in [9.17, 15) is 10.1 Å². The predicted molar refractivity (Wildman–Crippen MR) is 71.6 cm³/mol. The van der Waals surface area contributed by atoms with E-state index in [4.69, 9.17) is 10.5 Å². The molecular weight excluding hydrogens is 326 g/mol. The number of hydrogen-bond donors (Lipinski definition) is 0. The van der Waals surface area contributed by atoms with Crippen LogP contribution in [0.2, 0.25) is 0 Å². The molecule has 0 aliphatic carbocycles. The molecule has 0 aliphatic heterocycles. The molecule has 98 valence electrons. The van der Waals surface area contributed by atoms with Crippen LogP contribution >= 0.6 is 15.9 Å². The van der Waals surface area contributed by atoms with E-state index in [2.05, 4.69) is 20.9 Å². The van der Waals surface area contributed by atoms with Crippen molar-refractivity contribution in [1.29, 1.82) is 10.5 Å². The van der Waals surface area contributed by atoms with E-state index in [0.717, 1.165) is 0 Å². The minimum atomic E-state index is -0.492. The van der Waals surface area contributed by atoms with Crippen molar-refractivity contribution >= 4 is 21.6 Å². The third-order valence-electron chi connectivity index (χ3n) is 2.63. The van der Waals surface area contributed by atoms with Crippen molar-refractivity contribution in [1.82, 2.24) is 9.55 Å². The van der Waals surface area contributed by atoms with Gasteiger partial charge in [-0.1, -0.05) is 15.9 Å². The van der Waals surface area contributed by atoms with E-state index in [1.54, 1.807) is 18.2 Å². The summed E-state index contributed by atoms with van der Waals surface area (Å²) in [4.78, 5) is 14.3. The molecule has 1 aromatic heterocycles. The van der Waals surface area contributed by atoms with Gasteiger partial charge >= 0.3 is 0 Å². The molecule has 0 unspecified atom stereocenters. The van der Waals surface area contributed by atoms with Crippen molar-refractivity contribution in [3.63, 3.8) is 0 Å². The summed E-state index contributed by atoms with van der Waals surface area (Å²) in [5.74, 6) is 0. The highest BCUT2D eigenvalue weighted by Crippen LogP contribution is 2.24. The second-order valence-electron chi connectivity index (χ2n) is 3.82. The highest BCUT2D eigenvalue weighted by molar-refractivity contribution is 9.10. The van der Waals surface area contributed by atoms with Crippen molar-refractivity contribution in [2.75, 3.05) is 0 Å². The fourth-order valence-electron chi connectivity index (χ4n) is 1.73. The van der Waals surface area contributed by atoms with Crippen molar-refractivity contribution in [2.45, 2.75) is 6.54 Å². The monoisotopic (exact) mass is 331 g/mol. The summed E-state index contributed by atoms with van der Waals surface area (Å²) >= 11 is 3.17. The van der Waals surface area contributed by atoms with Gasteiger partial charge in [-0.15, -0.1) is 0 Å². The Morgan fingerprint density at radius 1 is 1.40 bits per heavy atom. The highest BCUT2D eigenvalue weighted by Gasteiger charge is 2.17. The molecule has 1 aromatic carbocycles. The number of nitriles is 2. The SMILES string of the molecule is N#Cc1ncn(Cc2ccc(Br)cc2[N+](=O)[O-])c1C#N. The molecule has 20 heavy (non-hydrogen) atoms. The molecule has 0 atom stereocenters. The van der Waals surface area contributed by atoms with E-state index in [-0.39, 0.29) is 23.6 Å². The zero-order valence-corrected chi connectivity index (χ0v) is 11.5. The first-order valence-electron chi connectivity index (χ1n) is 5.35. The second kappa shape index (κ2) is 5.51. The van der Waals surface area contributed by atoms with Gasteiger partial charge in [-0.3, -0.25) is 10.1 Å². The Hall–Kier alpha value is -2.71. The van der Waals surface area contributed by atoms with Crippen LogP contribution in [-0.2, 0) is 6.54 Å². The first-order valence-corrected chi connectivity index (χ1v) is 6.14. The zero-order chi connectivity index (χ0) is 14.7. The quantitative estimate of drug-likeness (QED) is 0.633. The lowest BCUT2D eigenvalue weighted by atomic mass is 10.2. The van der Waals surface area contributed by atoms with Crippen molar-refractivity contribution in [3.05, 3.63) is 56.1 Å². The molecule has 0 fully saturated rings. The van der Waals surface area contributed by atoms with Gasteiger partial charge in [0.1, 0.15) is 12.1 Å². The molecule has 0 aliphatic rings. The summed E-state index contributed by atoms with van der Waals surface area (Å²) in [6.45, 7) is 0.0984. The summed E-state index contributed by atoms with van der Waals surface area (Å²) in [6.07, 6.45) is 1.32. The Balaban J connectivity index is 2.46. The van der Waals surface area contributed by atoms with Gasteiger partial charge < -0.3 is 4.57 Å². The zero-order valence-electron chi connectivity index (χ0n) is 9.95. The van der Waals surface area contributed by atoms with Crippen LogP contribution in [0.15, 0.2) is 29.0 Å². The maximum atomic E-state index is 11.0. The molecular formula is C12H6BrN5O2. The van der Waals surface area contributed by atoms with Crippen LogP contribution in [0.25, 0.3) is 0 Å². The Morgan fingerprint density at radius 2 is 2.15 bits per heavy atom. The lowest BCUT2D eigenvalue weighted by molar-refractivity contribution is -0.385. The third kappa shape index (κ3) is 2.51. The molecule has 1 heterocycles. The average molecular weight is 332 g/mol. The van der Waals surface area contributed by atoms with Gasteiger partial charge in [-0.2, -0.15) is 10.5 Å². The minimum Gasteiger partial charge on any atom is -0.316 e. The summed E-state index contributed by atoms with van der Waals surface area (Å²) in [5.41, 5.74) is 0.462. The summed E-state index contributed by atoms with van der Waals surface area (Å²) < 4.78 is 2.01. The summed E-state index contributed by atoms with van der Waals surface area (Å²) in [5, 5.41) is 28.9. The fourth-order valence-corrected chi connectivity index (χ4v) is 2.07. The van der Waals surface area contributed by atoms with Gasteiger partial charge in [0.05, 0.1) is 17.8 Å². The number of hydrogen-bond acceptors (Lipinski definition) is 5. The van der Waals surface area contributed by atoms with E-state index >= 15 is 0 Å². The van der Waals surface area contributed by atoms with Gasteiger partial charge in [-0.25, -0.2) is 4.98 Å². The first kappa shape index (κ1) is 13.7. The van der Waals surface area contributed by atoms with Gasteiger partial charge in [0.25, 0.3) is 5.69 Å². The lowest BCUT2D eigenvalue weighted by Crippen LogP contribution is -2.04.